The van der Waals surface area contributed by atoms with Gasteiger partial charge in [-0.25, -0.2) is 0 Å². The molecule has 4 saturated carbocycles. The molecule has 1 amide bonds. The second-order valence-electron chi connectivity index (χ2n) is 11.5. The molecule has 6 nitrogen and oxygen atoms in total. The number of nitrogens with one attached hydrogen (secondary N) is 1. The molecule has 0 bridgehead atoms. The minimum atomic E-state index is -1.11. The molecule has 0 aromatic heterocycles. The SMILES string of the molecule is CC(=O)N[C@@H]1C[C@H]2[C@@H]3CC[C@H](C(C)=O)[C@@]3(C)CC[C@@H]2[C@@]2(C)CC[C@H](OC(C)=O)C[C@]12O. The summed E-state index contributed by atoms with van der Waals surface area (Å²) in [5.74, 6) is 1.16. The van der Waals surface area contributed by atoms with Crippen LogP contribution in [0.3, 0.4) is 0 Å². The Morgan fingerprint density at radius 1 is 0.968 bits per heavy atom. The molecule has 4 fully saturated rings. The van der Waals surface area contributed by atoms with Gasteiger partial charge in [0.05, 0.1) is 11.6 Å². The molecule has 4 aliphatic rings. The van der Waals surface area contributed by atoms with Crippen LogP contribution in [0.1, 0.15) is 86.0 Å². The number of esters is 1. The van der Waals surface area contributed by atoms with E-state index in [1.54, 1.807) is 6.92 Å². The topological polar surface area (TPSA) is 92.7 Å². The fourth-order valence-corrected chi connectivity index (χ4v) is 8.71. The molecule has 0 radical (unpaired) electrons. The maximum Gasteiger partial charge on any atom is 0.302 e. The molecule has 174 valence electrons. The molecule has 6 heteroatoms. The standard InChI is InChI=1S/C25H39NO5/c1-14(27)19-6-7-20-18-12-22(26-15(2)28)25(30)13-17(31-16(3)29)8-11-24(25,5)21(18)9-10-23(19,20)4/h17-22,30H,6-13H2,1-5H3,(H,26,28)/t17-,18-,19+,20-,21-,22+,23+,24+,25-/m0/s1. The third-order valence-electron chi connectivity index (χ3n) is 10.1. The first-order chi connectivity index (χ1) is 14.4. The largest absolute Gasteiger partial charge is 0.462 e. The van der Waals surface area contributed by atoms with Crippen molar-refractivity contribution in [3.05, 3.63) is 0 Å². The second-order valence-corrected chi connectivity index (χ2v) is 11.5. The maximum atomic E-state index is 12.4. The van der Waals surface area contributed by atoms with E-state index in [9.17, 15) is 19.5 Å². The monoisotopic (exact) mass is 433 g/mol. The van der Waals surface area contributed by atoms with Gasteiger partial charge in [-0.15, -0.1) is 0 Å². The van der Waals surface area contributed by atoms with Crippen molar-refractivity contribution in [2.24, 2.45) is 34.5 Å². The van der Waals surface area contributed by atoms with Crippen molar-refractivity contribution in [2.75, 3.05) is 0 Å². The van der Waals surface area contributed by atoms with Crippen LogP contribution < -0.4 is 5.32 Å². The third-order valence-corrected chi connectivity index (χ3v) is 10.1. The van der Waals surface area contributed by atoms with Crippen LogP contribution in [0.25, 0.3) is 0 Å². The first kappa shape index (κ1) is 22.8. The summed E-state index contributed by atoms with van der Waals surface area (Å²) in [5, 5.41) is 15.2. The Kier molecular flexibility index (Phi) is 5.55. The molecule has 9 atom stereocenters. The van der Waals surface area contributed by atoms with E-state index >= 15 is 0 Å². The predicted octanol–water partition coefficient (Wildman–Crippen LogP) is 3.40. The van der Waals surface area contributed by atoms with E-state index < -0.39 is 5.60 Å². The molecule has 4 rings (SSSR count). The van der Waals surface area contributed by atoms with Gasteiger partial charge in [0.2, 0.25) is 5.91 Å². The van der Waals surface area contributed by atoms with Crippen LogP contribution >= 0.6 is 0 Å². The lowest BCUT2D eigenvalue weighted by Gasteiger charge is -2.66. The lowest BCUT2D eigenvalue weighted by molar-refractivity contribution is -0.236. The summed E-state index contributed by atoms with van der Waals surface area (Å²) in [6.45, 7) is 9.16. The van der Waals surface area contributed by atoms with Gasteiger partial charge in [-0.1, -0.05) is 13.8 Å². The third kappa shape index (κ3) is 3.35. The second kappa shape index (κ2) is 7.57. The van der Waals surface area contributed by atoms with Crippen molar-refractivity contribution in [1.82, 2.24) is 5.32 Å². The van der Waals surface area contributed by atoms with E-state index in [2.05, 4.69) is 19.2 Å². The minimum absolute atomic E-state index is 0.0224. The van der Waals surface area contributed by atoms with Gasteiger partial charge in [0.1, 0.15) is 11.9 Å². The van der Waals surface area contributed by atoms with Gasteiger partial charge in [-0.3, -0.25) is 14.4 Å². The number of amides is 1. The fourth-order valence-electron chi connectivity index (χ4n) is 8.71. The predicted molar refractivity (Wildman–Crippen MR) is 116 cm³/mol. The van der Waals surface area contributed by atoms with Crippen molar-refractivity contribution in [3.8, 4) is 0 Å². The first-order valence-corrected chi connectivity index (χ1v) is 12.1. The number of aliphatic hydroxyl groups is 1. The zero-order valence-corrected chi connectivity index (χ0v) is 19.7. The highest BCUT2D eigenvalue weighted by molar-refractivity contribution is 5.79. The zero-order chi connectivity index (χ0) is 22.8. The number of hydrogen-bond donors (Lipinski definition) is 2. The van der Waals surface area contributed by atoms with Gasteiger partial charge in [-0.05, 0) is 75.0 Å². The van der Waals surface area contributed by atoms with E-state index in [1.807, 2.05) is 0 Å². The number of fused-ring (bicyclic) bond motifs is 5. The smallest absolute Gasteiger partial charge is 0.302 e. The minimum Gasteiger partial charge on any atom is -0.462 e. The van der Waals surface area contributed by atoms with Gasteiger partial charge in [0, 0.05) is 31.6 Å². The number of ketones is 1. The van der Waals surface area contributed by atoms with Crippen molar-refractivity contribution in [3.63, 3.8) is 0 Å². The van der Waals surface area contributed by atoms with E-state index in [0.717, 1.165) is 44.9 Å². The Labute approximate surface area is 185 Å². The van der Waals surface area contributed by atoms with E-state index in [4.69, 9.17) is 4.74 Å². The summed E-state index contributed by atoms with van der Waals surface area (Å²) in [6, 6.07) is -0.367. The summed E-state index contributed by atoms with van der Waals surface area (Å²) >= 11 is 0. The molecule has 0 aliphatic heterocycles. The normalized spacial score (nSPS) is 48.7. The van der Waals surface area contributed by atoms with Crippen LogP contribution in [0.15, 0.2) is 0 Å². The number of rotatable bonds is 3. The van der Waals surface area contributed by atoms with Gasteiger partial charge in [-0.2, -0.15) is 0 Å². The molecular weight excluding hydrogens is 394 g/mol. The summed E-state index contributed by atoms with van der Waals surface area (Å²) in [6.07, 6.45) is 6.34. The van der Waals surface area contributed by atoms with Gasteiger partial charge in [0.25, 0.3) is 0 Å². The number of carbonyl (C=O) groups excluding carboxylic acids is 3. The Morgan fingerprint density at radius 3 is 2.29 bits per heavy atom. The summed E-state index contributed by atoms with van der Waals surface area (Å²) < 4.78 is 5.52. The molecule has 0 heterocycles. The molecule has 0 unspecified atom stereocenters. The average molecular weight is 434 g/mol. The zero-order valence-electron chi connectivity index (χ0n) is 19.7. The summed E-state index contributed by atoms with van der Waals surface area (Å²) in [7, 11) is 0. The van der Waals surface area contributed by atoms with Crippen molar-refractivity contribution < 1.29 is 24.2 Å². The van der Waals surface area contributed by atoms with E-state index in [0.29, 0.717) is 30.0 Å². The van der Waals surface area contributed by atoms with E-state index in [1.165, 1.54) is 13.8 Å². The number of Topliss-reactive ketones (excluding diaryl/α,β-unsaturated/α-hetero) is 1. The Hall–Kier alpha value is -1.43. The van der Waals surface area contributed by atoms with Crippen LogP contribution in [-0.4, -0.2) is 40.5 Å². The number of ether oxygens (including phenoxy) is 1. The molecule has 0 spiro atoms. The molecule has 2 N–H and O–H groups in total. The maximum absolute atomic E-state index is 12.4. The molecule has 0 aromatic rings. The number of hydrogen-bond acceptors (Lipinski definition) is 5. The van der Waals surface area contributed by atoms with Gasteiger partial charge < -0.3 is 15.2 Å². The Bertz CT molecular complexity index is 782. The van der Waals surface area contributed by atoms with Crippen LogP contribution in [0.2, 0.25) is 0 Å². The fraction of sp³-hybridized carbons (Fsp3) is 0.880. The van der Waals surface area contributed by atoms with Crippen LogP contribution in [-0.2, 0) is 19.1 Å². The van der Waals surface area contributed by atoms with Crippen LogP contribution in [0, 0.1) is 34.5 Å². The van der Waals surface area contributed by atoms with Crippen molar-refractivity contribution >= 4 is 17.7 Å². The highest BCUT2D eigenvalue weighted by Crippen LogP contribution is 2.68. The van der Waals surface area contributed by atoms with Crippen LogP contribution in [0.5, 0.6) is 0 Å². The molecule has 0 saturated heterocycles. The first-order valence-electron chi connectivity index (χ1n) is 12.1. The molecule has 4 aliphatic carbocycles. The Morgan fingerprint density at radius 2 is 1.68 bits per heavy atom. The number of carbonyl (C=O) groups is 3. The Balaban J connectivity index is 1.70. The van der Waals surface area contributed by atoms with Gasteiger partial charge in [0.15, 0.2) is 0 Å². The molecule has 31 heavy (non-hydrogen) atoms. The average Bonchev–Trinajstić information content (AvgIpc) is 3.00. The highest BCUT2D eigenvalue weighted by atomic mass is 16.5. The molecular formula is C25H39NO5. The lowest BCUT2D eigenvalue weighted by atomic mass is 9.42. The highest BCUT2D eigenvalue weighted by Gasteiger charge is 2.68. The summed E-state index contributed by atoms with van der Waals surface area (Å²) in [4.78, 5) is 36.1. The van der Waals surface area contributed by atoms with Crippen molar-refractivity contribution in [2.45, 2.75) is 104 Å². The van der Waals surface area contributed by atoms with Crippen LogP contribution in [0.4, 0.5) is 0 Å². The summed E-state index contributed by atoms with van der Waals surface area (Å²) in [5.41, 5.74) is -1.44. The quantitative estimate of drug-likeness (QED) is 0.666. The van der Waals surface area contributed by atoms with Gasteiger partial charge >= 0.3 is 5.97 Å². The molecule has 0 aromatic carbocycles. The van der Waals surface area contributed by atoms with Crippen molar-refractivity contribution in [1.29, 1.82) is 0 Å². The van der Waals surface area contributed by atoms with E-state index in [-0.39, 0.29) is 40.8 Å². The lowest BCUT2D eigenvalue weighted by Crippen LogP contribution is -2.72.